The summed E-state index contributed by atoms with van der Waals surface area (Å²) in [5.41, 5.74) is 1.08. The minimum absolute atomic E-state index is 0.320. The van der Waals surface area contributed by atoms with Gasteiger partial charge in [-0.3, -0.25) is 9.78 Å². The standard InChI is InChI=1S/C17H24N2O2/c20-17(6-3-5-15-4-1-2-10-18-15)19(16-7-8-16)12-14-9-11-21-13-14/h1-2,4,10,14,16H,3,5-9,11-13H2/t14-/m0/s1. The van der Waals surface area contributed by atoms with E-state index in [9.17, 15) is 4.79 Å². The third-order valence-electron chi connectivity index (χ3n) is 4.34. The maximum Gasteiger partial charge on any atom is 0.222 e. The zero-order chi connectivity index (χ0) is 14.5. The number of amides is 1. The van der Waals surface area contributed by atoms with Gasteiger partial charge in [0.15, 0.2) is 0 Å². The molecule has 0 N–H and O–H groups in total. The maximum absolute atomic E-state index is 12.5. The van der Waals surface area contributed by atoms with E-state index in [-0.39, 0.29) is 0 Å². The Morgan fingerprint density at radius 1 is 1.33 bits per heavy atom. The van der Waals surface area contributed by atoms with E-state index in [0.29, 0.717) is 24.3 Å². The third kappa shape index (κ3) is 4.27. The molecule has 0 radical (unpaired) electrons. The van der Waals surface area contributed by atoms with Gasteiger partial charge in [-0.1, -0.05) is 6.07 Å². The lowest BCUT2D eigenvalue weighted by atomic mass is 10.1. The van der Waals surface area contributed by atoms with Crippen LogP contribution in [-0.4, -0.2) is 41.6 Å². The maximum atomic E-state index is 12.5. The SMILES string of the molecule is O=C(CCCc1ccccn1)N(C[C@@H]1CCOC1)C1CC1. The Balaban J connectivity index is 1.45. The van der Waals surface area contributed by atoms with Gasteiger partial charge in [0, 0.05) is 43.4 Å². The molecule has 1 saturated carbocycles. The van der Waals surface area contributed by atoms with Crippen molar-refractivity contribution in [1.29, 1.82) is 0 Å². The molecule has 4 nitrogen and oxygen atoms in total. The van der Waals surface area contributed by atoms with E-state index >= 15 is 0 Å². The molecule has 21 heavy (non-hydrogen) atoms. The first-order valence-electron chi connectivity index (χ1n) is 8.10. The van der Waals surface area contributed by atoms with Gasteiger partial charge in [-0.15, -0.1) is 0 Å². The number of nitrogens with zero attached hydrogens (tertiary/aromatic N) is 2. The van der Waals surface area contributed by atoms with Crippen molar-refractivity contribution in [3.05, 3.63) is 30.1 Å². The van der Waals surface area contributed by atoms with Crippen LogP contribution in [0.2, 0.25) is 0 Å². The minimum atomic E-state index is 0.320. The number of pyridine rings is 1. The summed E-state index contributed by atoms with van der Waals surface area (Å²) in [6, 6.07) is 6.46. The highest BCUT2D eigenvalue weighted by atomic mass is 16.5. The van der Waals surface area contributed by atoms with E-state index in [1.165, 1.54) is 12.8 Å². The highest BCUT2D eigenvalue weighted by Gasteiger charge is 2.34. The van der Waals surface area contributed by atoms with Gasteiger partial charge >= 0.3 is 0 Å². The Labute approximate surface area is 126 Å². The highest BCUT2D eigenvalue weighted by Crippen LogP contribution is 2.29. The van der Waals surface area contributed by atoms with E-state index in [1.807, 2.05) is 24.4 Å². The molecule has 2 heterocycles. The van der Waals surface area contributed by atoms with Crippen LogP contribution in [-0.2, 0) is 16.0 Å². The molecule has 0 bridgehead atoms. The number of hydrogen-bond acceptors (Lipinski definition) is 3. The predicted octanol–water partition coefficient (Wildman–Crippen LogP) is 2.43. The van der Waals surface area contributed by atoms with Gasteiger partial charge in [0.25, 0.3) is 0 Å². The number of ether oxygens (including phenoxy) is 1. The molecule has 1 amide bonds. The summed E-state index contributed by atoms with van der Waals surface area (Å²) >= 11 is 0. The molecular formula is C17H24N2O2. The number of carbonyl (C=O) groups excluding carboxylic acids is 1. The first-order valence-corrected chi connectivity index (χ1v) is 8.10. The molecule has 1 aliphatic heterocycles. The van der Waals surface area contributed by atoms with Crippen LogP contribution < -0.4 is 0 Å². The van der Waals surface area contributed by atoms with Crippen molar-refractivity contribution < 1.29 is 9.53 Å². The van der Waals surface area contributed by atoms with Crippen LogP contribution in [0.15, 0.2) is 24.4 Å². The van der Waals surface area contributed by atoms with Crippen molar-refractivity contribution in [2.45, 2.75) is 44.6 Å². The van der Waals surface area contributed by atoms with Crippen molar-refractivity contribution in [3.8, 4) is 0 Å². The number of hydrogen-bond donors (Lipinski definition) is 0. The van der Waals surface area contributed by atoms with Gasteiger partial charge in [-0.25, -0.2) is 0 Å². The Morgan fingerprint density at radius 2 is 2.24 bits per heavy atom. The molecule has 1 atom stereocenters. The summed E-state index contributed by atoms with van der Waals surface area (Å²) < 4.78 is 5.43. The Morgan fingerprint density at radius 3 is 2.90 bits per heavy atom. The smallest absolute Gasteiger partial charge is 0.222 e. The molecule has 3 rings (SSSR count). The number of aryl methyl sites for hydroxylation is 1. The van der Waals surface area contributed by atoms with Crippen molar-refractivity contribution >= 4 is 5.91 Å². The van der Waals surface area contributed by atoms with Crippen LogP contribution in [0.5, 0.6) is 0 Å². The largest absolute Gasteiger partial charge is 0.381 e. The fraction of sp³-hybridized carbons (Fsp3) is 0.647. The van der Waals surface area contributed by atoms with Crippen LogP contribution in [0.4, 0.5) is 0 Å². The van der Waals surface area contributed by atoms with Crippen molar-refractivity contribution in [1.82, 2.24) is 9.88 Å². The van der Waals surface area contributed by atoms with E-state index in [0.717, 1.165) is 44.7 Å². The van der Waals surface area contributed by atoms with Crippen molar-refractivity contribution in [2.75, 3.05) is 19.8 Å². The second-order valence-corrected chi connectivity index (χ2v) is 6.18. The van der Waals surface area contributed by atoms with Crippen LogP contribution in [0.25, 0.3) is 0 Å². The normalized spacial score (nSPS) is 21.4. The summed E-state index contributed by atoms with van der Waals surface area (Å²) in [4.78, 5) is 18.9. The number of carbonyl (C=O) groups is 1. The van der Waals surface area contributed by atoms with Crippen LogP contribution in [0, 0.1) is 5.92 Å². The second kappa shape index (κ2) is 7.03. The van der Waals surface area contributed by atoms with Crippen molar-refractivity contribution in [3.63, 3.8) is 0 Å². The summed E-state index contributed by atoms with van der Waals surface area (Å²) in [7, 11) is 0. The molecule has 4 heteroatoms. The summed E-state index contributed by atoms with van der Waals surface area (Å²) in [6.45, 7) is 2.58. The first-order chi connectivity index (χ1) is 10.3. The van der Waals surface area contributed by atoms with Gasteiger partial charge in [-0.2, -0.15) is 0 Å². The Kier molecular flexibility index (Phi) is 4.86. The lowest BCUT2D eigenvalue weighted by Gasteiger charge is -2.25. The first kappa shape index (κ1) is 14.5. The summed E-state index contributed by atoms with van der Waals surface area (Å²) in [5.74, 6) is 0.866. The average molecular weight is 288 g/mol. The highest BCUT2D eigenvalue weighted by molar-refractivity contribution is 5.76. The van der Waals surface area contributed by atoms with Crippen LogP contribution in [0.1, 0.15) is 37.8 Å². The van der Waals surface area contributed by atoms with Crippen LogP contribution in [0.3, 0.4) is 0 Å². The molecule has 1 saturated heterocycles. The number of rotatable bonds is 7. The molecule has 1 aromatic rings. The van der Waals surface area contributed by atoms with Crippen molar-refractivity contribution in [2.24, 2.45) is 5.92 Å². The molecule has 0 unspecified atom stereocenters. The molecule has 1 aliphatic carbocycles. The molecule has 2 aliphatic rings. The van der Waals surface area contributed by atoms with E-state index in [2.05, 4.69) is 9.88 Å². The lowest BCUT2D eigenvalue weighted by molar-refractivity contribution is -0.132. The second-order valence-electron chi connectivity index (χ2n) is 6.18. The predicted molar refractivity (Wildman–Crippen MR) is 80.8 cm³/mol. The van der Waals surface area contributed by atoms with Gasteiger partial charge in [0.1, 0.15) is 0 Å². The fourth-order valence-corrected chi connectivity index (χ4v) is 2.96. The van der Waals surface area contributed by atoms with Gasteiger partial charge in [-0.05, 0) is 44.2 Å². The third-order valence-corrected chi connectivity index (χ3v) is 4.34. The molecule has 2 fully saturated rings. The quantitative estimate of drug-likeness (QED) is 0.774. The minimum Gasteiger partial charge on any atom is -0.381 e. The van der Waals surface area contributed by atoms with E-state index in [1.54, 1.807) is 0 Å². The fourth-order valence-electron chi connectivity index (χ4n) is 2.96. The zero-order valence-corrected chi connectivity index (χ0v) is 12.5. The summed E-state index contributed by atoms with van der Waals surface area (Å²) in [5, 5.41) is 0. The molecular weight excluding hydrogens is 264 g/mol. The van der Waals surface area contributed by atoms with Gasteiger partial charge in [0.05, 0.1) is 6.61 Å². The molecule has 1 aromatic heterocycles. The molecule has 0 aromatic carbocycles. The average Bonchev–Trinajstić information content (AvgIpc) is 3.22. The summed E-state index contributed by atoms with van der Waals surface area (Å²) in [6.07, 6.45) is 7.69. The molecule has 114 valence electrons. The van der Waals surface area contributed by atoms with E-state index < -0.39 is 0 Å². The van der Waals surface area contributed by atoms with E-state index in [4.69, 9.17) is 4.74 Å². The lowest BCUT2D eigenvalue weighted by Crippen LogP contribution is -2.37. The van der Waals surface area contributed by atoms with Crippen LogP contribution >= 0.6 is 0 Å². The van der Waals surface area contributed by atoms with Gasteiger partial charge in [0.2, 0.25) is 5.91 Å². The Bertz CT molecular complexity index is 453. The van der Waals surface area contributed by atoms with Gasteiger partial charge < -0.3 is 9.64 Å². The zero-order valence-electron chi connectivity index (χ0n) is 12.5. The topological polar surface area (TPSA) is 42.4 Å². The number of aromatic nitrogens is 1. The Hall–Kier alpha value is -1.42. The monoisotopic (exact) mass is 288 g/mol. The molecule has 0 spiro atoms.